The van der Waals surface area contributed by atoms with E-state index >= 15 is 0 Å². The zero-order valence-electron chi connectivity index (χ0n) is 14.4. The van der Waals surface area contributed by atoms with E-state index < -0.39 is 6.10 Å². The van der Waals surface area contributed by atoms with Crippen LogP contribution in [0.2, 0.25) is 0 Å². The number of hydrogen-bond donors (Lipinski definition) is 2. The van der Waals surface area contributed by atoms with Crippen LogP contribution >= 0.6 is 0 Å². The van der Waals surface area contributed by atoms with Crippen LogP contribution in [0, 0.1) is 0 Å². The summed E-state index contributed by atoms with van der Waals surface area (Å²) in [6.07, 6.45) is 0.724. The van der Waals surface area contributed by atoms with Crippen molar-refractivity contribution in [3.8, 4) is 5.75 Å². The van der Waals surface area contributed by atoms with Gasteiger partial charge in [-0.15, -0.1) is 5.10 Å². The second kappa shape index (κ2) is 8.26. The number of carbonyl (C=O) groups is 1. The number of nitrogens with zero attached hydrogens (tertiary/aromatic N) is 3. The maximum absolute atomic E-state index is 12.2. The quantitative estimate of drug-likeness (QED) is 0.678. The highest BCUT2D eigenvalue weighted by Gasteiger charge is 2.14. The van der Waals surface area contributed by atoms with E-state index in [1.807, 2.05) is 54.6 Å². The Bertz CT molecular complexity index is 847. The van der Waals surface area contributed by atoms with Gasteiger partial charge < -0.3 is 15.2 Å². The summed E-state index contributed by atoms with van der Waals surface area (Å²) < 4.78 is 6.56. The fraction of sp³-hybridized carbons (Fsp3) is 0.211. The smallest absolute Gasteiger partial charge is 0.291 e. The van der Waals surface area contributed by atoms with E-state index in [0.29, 0.717) is 6.54 Å². The molecule has 2 N–H and O–H groups in total. The Morgan fingerprint density at radius 1 is 1.19 bits per heavy atom. The van der Waals surface area contributed by atoms with Gasteiger partial charge in [-0.05, 0) is 23.3 Å². The number of hydrogen-bond acceptors (Lipinski definition) is 5. The predicted octanol–water partition coefficient (Wildman–Crippen LogP) is 1.95. The number of carbonyl (C=O) groups excluding carboxylic acids is 1. The van der Waals surface area contributed by atoms with Gasteiger partial charge in [0.2, 0.25) is 5.82 Å². The highest BCUT2D eigenvalue weighted by molar-refractivity contribution is 5.90. The average molecular weight is 352 g/mol. The van der Waals surface area contributed by atoms with Crippen molar-refractivity contribution in [1.29, 1.82) is 0 Å². The normalized spacial score (nSPS) is 11.8. The van der Waals surface area contributed by atoms with Crippen molar-refractivity contribution in [3.63, 3.8) is 0 Å². The standard InChI is InChI=1S/C19H20N4O3/c1-26-16-9-7-14(8-10-16)11-20-19(25)18-21-13-23(22-18)12-17(24)15-5-3-2-4-6-15/h2-10,13,17,24H,11-12H2,1H3,(H,20,25). The van der Waals surface area contributed by atoms with E-state index in [9.17, 15) is 9.90 Å². The van der Waals surface area contributed by atoms with Crippen molar-refractivity contribution in [2.75, 3.05) is 7.11 Å². The molecule has 3 aromatic rings. The van der Waals surface area contributed by atoms with E-state index in [-0.39, 0.29) is 18.3 Å². The van der Waals surface area contributed by atoms with Crippen LogP contribution in [0.1, 0.15) is 27.8 Å². The van der Waals surface area contributed by atoms with E-state index in [1.54, 1.807) is 7.11 Å². The Labute approximate surface area is 151 Å². The number of nitrogens with one attached hydrogen (secondary N) is 1. The highest BCUT2D eigenvalue weighted by atomic mass is 16.5. The molecule has 0 bridgehead atoms. The monoisotopic (exact) mass is 352 g/mol. The first-order chi connectivity index (χ1) is 12.7. The van der Waals surface area contributed by atoms with Crippen molar-refractivity contribution in [3.05, 3.63) is 77.9 Å². The zero-order valence-corrected chi connectivity index (χ0v) is 14.4. The Kier molecular flexibility index (Phi) is 5.60. The van der Waals surface area contributed by atoms with E-state index in [4.69, 9.17) is 4.74 Å². The molecule has 1 aromatic heterocycles. The minimum absolute atomic E-state index is 0.0683. The SMILES string of the molecule is COc1ccc(CNC(=O)c2ncn(CC(O)c3ccccc3)n2)cc1. The van der Waals surface area contributed by atoms with E-state index in [1.165, 1.54) is 11.0 Å². The summed E-state index contributed by atoms with van der Waals surface area (Å²) in [6.45, 7) is 0.590. The molecule has 0 aliphatic heterocycles. The number of rotatable bonds is 7. The van der Waals surface area contributed by atoms with Crippen LogP contribution in [-0.2, 0) is 13.1 Å². The molecule has 0 fully saturated rings. The van der Waals surface area contributed by atoms with Gasteiger partial charge >= 0.3 is 0 Å². The third kappa shape index (κ3) is 4.46. The fourth-order valence-electron chi connectivity index (χ4n) is 2.45. The molecule has 7 nitrogen and oxygen atoms in total. The summed E-state index contributed by atoms with van der Waals surface area (Å²) in [6, 6.07) is 16.7. The van der Waals surface area contributed by atoms with E-state index in [0.717, 1.165) is 16.9 Å². The van der Waals surface area contributed by atoms with Gasteiger partial charge in [0.1, 0.15) is 12.1 Å². The Balaban J connectivity index is 1.55. The molecule has 26 heavy (non-hydrogen) atoms. The number of aliphatic hydroxyl groups excluding tert-OH is 1. The molecule has 0 aliphatic rings. The highest BCUT2D eigenvalue weighted by Crippen LogP contribution is 2.14. The molecule has 1 unspecified atom stereocenters. The summed E-state index contributed by atoms with van der Waals surface area (Å²) in [7, 11) is 1.60. The molecule has 134 valence electrons. The number of aliphatic hydroxyl groups is 1. The minimum Gasteiger partial charge on any atom is -0.497 e. The molecule has 1 atom stereocenters. The maximum Gasteiger partial charge on any atom is 0.291 e. The number of aromatic nitrogens is 3. The molecule has 1 amide bonds. The molecule has 0 saturated carbocycles. The van der Waals surface area contributed by atoms with Crippen LogP contribution in [0.15, 0.2) is 60.9 Å². The molecule has 7 heteroatoms. The largest absolute Gasteiger partial charge is 0.497 e. The minimum atomic E-state index is -0.715. The van der Waals surface area contributed by atoms with Gasteiger partial charge in [0.15, 0.2) is 0 Å². The number of amides is 1. The van der Waals surface area contributed by atoms with Crippen LogP contribution in [0.4, 0.5) is 0 Å². The summed E-state index contributed by atoms with van der Waals surface area (Å²) in [5, 5.41) is 17.1. The van der Waals surface area contributed by atoms with Gasteiger partial charge in [-0.25, -0.2) is 9.67 Å². The summed E-state index contributed by atoms with van der Waals surface area (Å²) >= 11 is 0. The van der Waals surface area contributed by atoms with Crippen LogP contribution in [0.25, 0.3) is 0 Å². The zero-order chi connectivity index (χ0) is 18.4. The second-order valence-electron chi connectivity index (χ2n) is 5.75. The summed E-state index contributed by atoms with van der Waals surface area (Å²) in [4.78, 5) is 16.2. The molecule has 3 rings (SSSR count). The average Bonchev–Trinajstić information content (AvgIpc) is 3.15. The van der Waals surface area contributed by atoms with Gasteiger partial charge in [-0.2, -0.15) is 0 Å². The van der Waals surface area contributed by atoms with Crippen LogP contribution in [0.3, 0.4) is 0 Å². The van der Waals surface area contributed by atoms with Crippen molar-refractivity contribution in [2.45, 2.75) is 19.2 Å². The van der Waals surface area contributed by atoms with Crippen molar-refractivity contribution >= 4 is 5.91 Å². The molecule has 0 radical (unpaired) electrons. The first kappa shape index (κ1) is 17.6. The third-order valence-corrected chi connectivity index (χ3v) is 3.90. The predicted molar refractivity (Wildman–Crippen MR) is 95.6 cm³/mol. The lowest BCUT2D eigenvalue weighted by Crippen LogP contribution is -2.24. The fourth-order valence-corrected chi connectivity index (χ4v) is 2.45. The van der Waals surface area contributed by atoms with Crippen LogP contribution < -0.4 is 10.1 Å². The Morgan fingerprint density at radius 2 is 1.92 bits per heavy atom. The summed E-state index contributed by atoms with van der Waals surface area (Å²) in [5.74, 6) is 0.463. The Morgan fingerprint density at radius 3 is 2.62 bits per heavy atom. The van der Waals surface area contributed by atoms with Gasteiger partial charge in [0.25, 0.3) is 5.91 Å². The van der Waals surface area contributed by atoms with Crippen molar-refractivity contribution < 1.29 is 14.6 Å². The van der Waals surface area contributed by atoms with Crippen LogP contribution in [-0.4, -0.2) is 32.9 Å². The second-order valence-corrected chi connectivity index (χ2v) is 5.75. The van der Waals surface area contributed by atoms with Gasteiger partial charge in [0.05, 0.1) is 19.8 Å². The first-order valence-corrected chi connectivity index (χ1v) is 8.19. The number of methoxy groups -OCH3 is 1. The molecule has 0 spiro atoms. The van der Waals surface area contributed by atoms with Crippen LogP contribution in [0.5, 0.6) is 5.75 Å². The number of ether oxygens (including phenoxy) is 1. The molecule has 2 aromatic carbocycles. The molecule has 1 heterocycles. The molecule has 0 saturated heterocycles. The Hall–Kier alpha value is -3.19. The first-order valence-electron chi connectivity index (χ1n) is 8.19. The number of benzene rings is 2. The summed E-state index contributed by atoms with van der Waals surface area (Å²) in [5.41, 5.74) is 1.73. The lowest BCUT2D eigenvalue weighted by Gasteiger charge is -2.10. The van der Waals surface area contributed by atoms with Gasteiger partial charge in [0, 0.05) is 6.54 Å². The lowest BCUT2D eigenvalue weighted by molar-refractivity contribution is 0.0938. The molecular weight excluding hydrogens is 332 g/mol. The molecule has 0 aliphatic carbocycles. The van der Waals surface area contributed by atoms with Crippen molar-refractivity contribution in [1.82, 2.24) is 20.1 Å². The van der Waals surface area contributed by atoms with Gasteiger partial charge in [-0.3, -0.25) is 4.79 Å². The topological polar surface area (TPSA) is 89.3 Å². The van der Waals surface area contributed by atoms with E-state index in [2.05, 4.69) is 15.4 Å². The van der Waals surface area contributed by atoms with Gasteiger partial charge in [-0.1, -0.05) is 42.5 Å². The molecular formula is C19H20N4O3. The van der Waals surface area contributed by atoms with Crippen molar-refractivity contribution in [2.24, 2.45) is 0 Å². The lowest BCUT2D eigenvalue weighted by atomic mass is 10.1. The maximum atomic E-state index is 12.2. The third-order valence-electron chi connectivity index (χ3n) is 3.90.